The molecule has 5 heteroatoms. The second-order valence-corrected chi connectivity index (χ2v) is 3.63. The van der Waals surface area contributed by atoms with Crippen LogP contribution in [-0.4, -0.2) is 48.1 Å². The van der Waals surface area contributed by atoms with Gasteiger partial charge in [-0.1, -0.05) is 6.92 Å². The van der Waals surface area contributed by atoms with E-state index in [0.717, 1.165) is 0 Å². The van der Waals surface area contributed by atoms with Crippen molar-refractivity contribution in [2.24, 2.45) is 5.92 Å². The van der Waals surface area contributed by atoms with Gasteiger partial charge < -0.3 is 15.3 Å². The summed E-state index contributed by atoms with van der Waals surface area (Å²) in [6.07, 6.45) is 0. The van der Waals surface area contributed by atoms with E-state index in [2.05, 4.69) is 5.32 Å². The van der Waals surface area contributed by atoms with Gasteiger partial charge in [-0.15, -0.1) is 0 Å². The maximum Gasteiger partial charge on any atom is 0.308 e. The third-order valence-corrected chi connectivity index (χ3v) is 2.41. The SMILES string of the molecule is CCN(CC(C)C(=O)O)C(=O)C(C)NC. The molecule has 5 nitrogen and oxygen atoms in total. The number of carbonyl (C=O) groups is 2. The van der Waals surface area contributed by atoms with Gasteiger partial charge in [-0.05, 0) is 20.9 Å². The van der Waals surface area contributed by atoms with E-state index >= 15 is 0 Å². The van der Waals surface area contributed by atoms with Crippen LogP contribution >= 0.6 is 0 Å². The second-order valence-electron chi connectivity index (χ2n) is 3.63. The van der Waals surface area contributed by atoms with E-state index in [1.54, 1.807) is 25.8 Å². The zero-order valence-electron chi connectivity index (χ0n) is 9.78. The van der Waals surface area contributed by atoms with Crippen LogP contribution in [-0.2, 0) is 9.59 Å². The summed E-state index contributed by atoms with van der Waals surface area (Å²) in [7, 11) is 1.71. The molecule has 88 valence electrons. The predicted molar refractivity (Wildman–Crippen MR) is 57.6 cm³/mol. The van der Waals surface area contributed by atoms with Crippen molar-refractivity contribution in [3.63, 3.8) is 0 Å². The summed E-state index contributed by atoms with van der Waals surface area (Å²) in [4.78, 5) is 23.9. The molecule has 0 heterocycles. The molecule has 2 N–H and O–H groups in total. The first-order valence-electron chi connectivity index (χ1n) is 5.12. The van der Waals surface area contributed by atoms with Gasteiger partial charge in [0.05, 0.1) is 12.0 Å². The number of hydrogen-bond donors (Lipinski definition) is 2. The van der Waals surface area contributed by atoms with E-state index in [-0.39, 0.29) is 18.5 Å². The highest BCUT2D eigenvalue weighted by atomic mass is 16.4. The molecule has 0 spiro atoms. The van der Waals surface area contributed by atoms with E-state index < -0.39 is 11.9 Å². The first-order valence-corrected chi connectivity index (χ1v) is 5.12. The zero-order chi connectivity index (χ0) is 12.0. The molecular weight excluding hydrogens is 196 g/mol. The minimum Gasteiger partial charge on any atom is -0.481 e. The van der Waals surface area contributed by atoms with Crippen LogP contribution in [0.4, 0.5) is 0 Å². The molecule has 1 amide bonds. The van der Waals surface area contributed by atoms with Gasteiger partial charge in [0.2, 0.25) is 5.91 Å². The Morgan fingerprint density at radius 1 is 1.40 bits per heavy atom. The molecule has 2 atom stereocenters. The Morgan fingerprint density at radius 2 is 1.93 bits per heavy atom. The summed E-state index contributed by atoms with van der Waals surface area (Å²) in [5.41, 5.74) is 0. The first kappa shape index (κ1) is 13.9. The largest absolute Gasteiger partial charge is 0.481 e. The van der Waals surface area contributed by atoms with Gasteiger partial charge in [0.15, 0.2) is 0 Å². The number of nitrogens with zero attached hydrogens (tertiary/aromatic N) is 1. The Balaban J connectivity index is 4.36. The first-order chi connectivity index (χ1) is 6.93. The molecule has 0 saturated heterocycles. The number of aliphatic carboxylic acids is 1. The fourth-order valence-corrected chi connectivity index (χ4v) is 1.18. The molecule has 0 aliphatic carbocycles. The number of nitrogens with one attached hydrogen (secondary N) is 1. The third-order valence-electron chi connectivity index (χ3n) is 2.41. The Morgan fingerprint density at radius 3 is 2.27 bits per heavy atom. The Kier molecular flexibility index (Phi) is 5.93. The van der Waals surface area contributed by atoms with E-state index in [9.17, 15) is 9.59 Å². The summed E-state index contributed by atoms with van der Waals surface area (Å²) < 4.78 is 0. The topological polar surface area (TPSA) is 69.6 Å². The smallest absolute Gasteiger partial charge is 0.308 e. The number of carboxylic acid groups (broad SMARTS) is 1. The molecule has 0 rings (SSSR count). The molecular formula is C10H20N2O3. The quantitative estimate of drug-likeness (QED) is 0.663. The van der Waals surface area contributed by atoms with Crippen LogP contribution in [0.1, 0.15) is 20.8 Å². The van der Waals surface area contributed by atoms with Gasteiger partial charge in [0, 0.05) is 13.1 Å². The maximum absolute atomic E-state index is 11.7. The number of amides is 1. The highest BCUT2D eigenvalue weighted by Crippen LogP contribution is 2.02. The van der Waals surface area contributed by atoms with Gasteiger partial charge in [-0.25, -0.2) is 0 Å². The molecule has 0 aliphatic rings. The average Bonchev–Trinajstić information content (AvgIpc) is 2.23. The average molecular weight is 216 g/mol. The van der Waals surface area contributed by atoms with Crippen molar-refractivity contribution in [2.45, 2.75) is 26.8 Å². The van der Waals surface area contributed by atoms with Crippen molar-refractivity contribution < 1.29 is 14.7 Å². The van der Waals surface area contributed by atoms with Crippen molar-refractivity contribution >= 4 is 11.9 Å². The summed E-state index contributed by atoms with van der Waals surface area (Å²) >= 11 is 0. The Labute approximate surface area is 90.5 Å². The normalized spacial score (nSPS) is 14.4. The minimum absolute atomic E-state index is 0.0619. The lowest BCUT2D eigenvalue weighted by atomic mass is 10.1. The van der Waals surface area contributed by atoms with Crippen LogP contribution in [0.2, 0.25) is 0 Å². The number of carboxylic acids is 1. The maximum atomic E-state index is 11.7. The third kappa shape index (κ3) is 4.29. The number of hydrogen-bond acceptors (Lipinski definition) is 3. The lowest BCUT2D eigenvalue weighted by Crippen LogP contribution is -2.45. The minimum atomic E-state index is -0.877. The summed E-state index contributed by atoms with van der Waals surface area (Å²) in [5, 5.41) is 11.6. The van der Waals surface area contributed by atoms with Crippen LogP contribution in [0.3, 0.4) is 0 Å². The van der Waals surface area contributed by atoms with Gasteiger partial charge >= 0.3 is 5.97 Å². The molecule has 0 aromatic rings. The fourth-order valence-electron chi connectivity index (χ4n) is 1.18. The molecule has 0 aliphatic heterocycles. The number of likely N-dealkylation sites (N-methyl/N-ethyl adjacent to an activating group) is 2. The lowest BCUT2D eigenvalue weighted by molar-refractivity contribution is -0.143. The summed E-state index contributed by atoms with van der Waals surface area (Å²) in [6, 6.07) is -0.272. The number of carbonyl (C=O) groups excluding carboxylic acids is 1. The molecule has 2 unspecified atom stereocenters. The van der Waals surface area contributed by atoms with Crippen LogP contribution in [0.15, 0.2) is 0 Å². The Bertz CT molecular complexity index is 231. The lowest BCUT2D eigenvalue weighted by Gasteiger charge is -2.25. The van der Waals surface area contributed by atoms with E-state index in [1.807, 2.05) is 6.92 Å². The van der Waals surface area contributed by atoms with Crippen LogP contribution < -0.4 is 5.32 Å². The molecule has 15 heavy (non-hydrogen) atoms. The van der Waals surface area contributed by atoms with Crippen LogP contribution in [0.5, 0.6) is 0 Å². The zero-order valence-corrected chi connectivity index (χ0v) is 9.78. The molecule has 0 radical (unpaired) electrons. The molecule has 0 fully saturated rings. The van der Waals surface area contributed by atoms with Crippen molar-refractivity contribution in [3.05, 3.63) is 0 Å². The van der Waals surface area contributed by atoms with E-state index in [4.69, 9.17) is 5.11 Å². The van der Waals surface area contributed by atoms with Crippen molar-refractivity contribution in [2.75, 3.05) is 20.1 Å². The number of rotatable bonds is 6. The second kappa shape index (κ2) is 6.40. The highest BCUT2D eigenvalue weighted by molar-refractivity contribution is 5.82. The molecule has 0 aromatic carbocycles. The summed E-state index contributed by atoms with van der Waals surface area (Å²) in [6.45, 7) is 5.99. The van der Waals surface area contributed by atoms with E-state index in [1.165, 1.54) is 0 Å². The highest BCUT2D eigenvalue weighted by Gasteiger charge is 2.22. The van der Waals surface area contributed by atoms with Gasteiger partial charge in [-0.2, -0.15) is 0 Å². The molecule has 0 aromatic heterocycles. The van der Waals surface area contributed by atoms with Crippen molar-refractivity contribution in [3.8, 4) is 0 Å². The predicted octanol–water partition coefficient (Wildman–Crippen LogP) is 0.164. The van der Waals surface area contributed by atoms with Gasteiger partial charge in [0.25, 0.3) is 0 Å². The van der Waals surface area contributed by atoms with Crippen molar-refractivity contribution in [1.82, 2.24) is 10.2 Å². The standard InChI is InChI=1S/C10H20N2O3/c1-5-12(6-7(2)10(14)15)9(13)8(3)11-4/h7-8,11H,5-6H2,1-4H3,(H,14,15). The van der Waals surface area contributed by atoms with Crippen molar-refractivity contribution in [1.29, 1.82) is 0 Å². The molecule has 0 bridgehead atoms. The van der Waals surface area contributed by atoms with Crippen LogP contribution in [0, 0.1) is 5.92 Å². The van der Waals surface area contributed by atoms with Gasteiger partial charge in [0.1, 0.15) is 0 Å². The Hall–Kier alpha value is -1.10. The monoisotopic (exact) mass is 216 g/mol. The molecule has 0 saturated carbocycles. The van der Waals surface area contributed by atoms with E-state index in [0.29, 0.717) is 6.54 Å². The fraction of sp³-hybridized carbons (Fsp3) is 0.800. The van der Waals surface area contributed by atoms with Gasteiger partial charge in [-0.3, -0.25) is 9.59 Å². The van der Waals surface area contributed by atoms with Crippen LogP contribution in [0.25, 0.3) is 0 Å². The summed E-state index contributed by atoms with van der Waals surface area (Å²) in [5.74, 6) is -1.47.